The number of hydrogen-bond acceptors (Lipinski definition) is 3. The van der Waals surface area contributed by atoms with Crippen LogP contribution < -0.4 is 5.32 Å². The topological polar surface area (TPSA) is 42.7 Å². The van der Waals surface area contributed by atoms with Crippen LogP contribution in [0.5, 0.6) is 0 Å². The maximum absolute atomic E-state index is 4.36. The fourth-order valence-electron chi connectivity index (χ4n) is 1.98. The van der Waals surface area contributed by atoms with Gasteiger partial charge in [-0.2, -0.15) is 5.10 Å². The summed E-state index contributed by atoms with van der Waals surface area (Å²) >= 11 is 0. The van der Waals surface area contributed by atoms with Gasteiger partial charge in [0.1, 0.15) is 12.2 Å². The summed E-state index contributed by atoms with van der Waals surface area (Å²) < 4.78 is 2.05. The maximum Gasteiger partial charge on any atom is 0.138 e. The van der Waals surface area contributed by atoms with E-state index in [-0.39, 0.29) is 0 Å². The zero-order valence-corrected chi connectivity index (χ0v) is 9.82. The summed E-state index contributed by atoms with van der Waals surface area (Å²) in [5.41, 5.74) is 0.391. The Bertz CT molecular complexity index is 325. The third-order valence-corrected chi connectivity index (χ3v) is 2.92. The highest BCUT2D eigenvalue weighted by Gasteiger charge is 2.33. The first-order valence-corrected chi connectivity index (χ1v) is 5.66. The van der Waals surface area contributed by atoms with E-state index in [9.17, 15) is 0 Å². The van der Waals surface area contributed by atoms with E-state index in [1.165, 1.54) is 0 Å². The van der Waals surface area contributed by atoms with Gasteiger partial charge in [0.25, 0.3) is 0 Å². The molecule has 4 heteroatoms. The number of hydrogen-bond donors (Lipinski definition) is 1. The molecule has 0 saturated carbocycles. The van der Waals surface area contributed by atoms with Crippen molar-refractivity contribution in [2.45, 2.75) is 33.7 Å². The molecule has 1 aromatic heterocycles. The van der Waals surface area contributed by atoms with Gasteiger partial charge >= 0.3 is 0 Å². The molecule has 1 aromatic rings. The lowest BCUT2D eigenvalue weighted by Gasteiger charge is -2.39. The second kappa shape index (κ2) is 3.93. The lowest BCUT2D eigenvalue weighted by Crippen LogP contribution is -2.53. The molecule has 0 aliphatic carbocycles. The number of nitrogens with zero attached hydrogens (tertiary/aromatic N) is 3. The van der Waals surface area contributed by atoms with Gasteiger partial charge in [0.2, 0.25) is 0 Å². The summed E-state index contributed by atoms with van der Waals surface area (Å²) in [5.74, 6) is 1.76. The molecule has 4 nitrogen and oxygen atoms in total. The summed E-state index contributed by atoms with van der Waals surface area (Å²) in [6.45, 7) is 9.88. The zero-order valence-electron chi connectivity index (χ0n) is 9.82. The molecule has 2 heterocycles. The Labute approximate surface area is 91.1 Å². The Balaban J connectivity index is 2.04. The first kappa shape index (κ1) is 10.6. The molecule has 0 atom stereocenters. The normalized spacial score (nSPS) is 19.2. The quantitative estimate of drug-likeness (QED) is 0.805. The predicted octanol–water partition coefficient (Wildman–Crippen LogP) is 1.09. The predicted molar refractivity (Wildman–Crippen MR) is 59.5 cm³/mol. The van der Waals surface area contributed by atoms with Crippen molar-refractivity contribution in [3.05, 3.63) is 12.2 Å². The van der Waals surface area contributed by atoms with Crippen molar-refractivity contribution in [1.82, 2.24) is 20.1 Å². The molecule has 1 fully saturated rings. The van der Waals surface area contributed by atoms with Crippen LogP contribution in [-0.4, -0.2) is 27.9 Å². The van der Waals surface area contributed by atoms with E-state index >= 15 is 0 Å². The van der Waals surface area contributed by atoms with Gasteiger partial charge < -0.3 is 5.32 Å². The smallest absolute Gasteiger partial charge is 0.138 e. The third-order valence-electron chi connectivity index (χ3n) is 2.92. The molecule has 1 aliphatic rings. The molecule has 0 radical (unpaired) electrons. The van der Waals surface area contributed by atoms with E-state index in [4.69, 9.17) is 0 Å². The van der Waals surface area contributed by atoms with Crippen LogP contribution in [0.1, 0.15) is 26.6 Å². The maximum atomic E-state index is 4.36. The first-order chi connectivity index (χ1) is 7.09. The monoisotopic (exact) mass is 208 g/mol. The lowest BCUT2D eigenvalue weighted by atomic mass is 9.80. The van der Waals surface area contributed by atoms with Crippen LogP contribution in [-0.2, 0) is 13.0 Å². The van der Waals surface area contributed by atoms with Crippen molar-refractivity contribution in [2.24, 2.45) is 11.3 Å². The van der Waals surface area contributed by atoms with Crippen LogP contribution in [0.25, 0.3) is 0 Å². The summed E-state index contributed by atoms with van der Waals surface area (Å²) in [4.78, 5) is 4.36. The van der Waals surface area contributed by atoms with Gasteiger partial charge in [0, 0.05) is 26.1 Å². The fraction of sp³-hybridized carbons (Fsp3) is 0.818. The fourth-order valence-corrected chi connectivity index (χ4v) is 1.98. The third kappa shape index (κ3) is 2.37. The molecule has 15 heavy (non-hydrogen) atoms. The van der Waals surface area contributed by atoms with Gasteiger partial charge in [-0.3, -0.25) is 0 Å². The van der Waals surface area contributed by atoms with Gasteiger partial charge in [0.05, 0.1) is 0 Å². The molecular formula is C11H20N4. The molecule has 0 unspecified atom stereocenters. The van der Waals surface area contributed by atoms with E-state index in [1.807, 2.05) is 4.68 Å². The molecule has 1 saturated heterocycles. The number of aromatic nitrogens is 3. The minimum absolute atomic E-state index is 0.391. The van der Waals surface area contributed by atoms with E-state index in [0.717, 1.165) is 31.9 Å². The lowest BCUT2D eigenvalue weighted by molar-refractivity contribution is 0.188. The van der Waals surface area contributed by atoms with Crippen molar-refractivity contribution in [3.8, 4) is 0 Å². The van der Waals surface area contributed by atoms with Crippen LogP contribution in [0.3, 0.4) is 0 Å². The highest BCUT2D eigenvalue weighted by Crippen LogP contribution is 2.25. The van der Waals surface area contributed by atoms with Gasteiger partial charge in [-0.1, -0.05) is 20.8 Å². The Morgan fingerprint density at radius 1 is 1.53 bits per heavy atom. The van der Waals surface area contributed by atoms with Crippen LogP contribution >= 0.6 is 0 Å². The summed E-state index contributed by atoms with van der Waals surface area (Å²) in [6, 6.07) is 0. The van der Waals surface area contributed by atoms with Gasteiger partial charge in [0.15, 0.2) is 0 Å². The summed E-state index contributed by atoms with van der Waals surface area (Å²) in [6.07, 6.45) is 2.71. The second-order valence-corrected chi connectivity index (χ2v) is 5.34. The van der Waals surface area contributed by atoms with Gasteiger partial charge in [-0.15, -0.1) is 0 Å². The average Bonchev–Trinajstić information content (AvgIpc) is 2.49. The Kier molecular flexibility index (Phi) is 2.78. The molecule has 84 valence electrons. The van der Waals surface area contributed by atoms with E-state index < -0.39 is 0 Å². The van der Waals surface area contributed by atoms with Crippen molar-refractivity contribution in [1.29, 1.82) is 0 Å². The largest absolute Gasteiger partial charge is 0.316 e. The van der Waals surface area contributed by atoms with E-state index in [0.29, 0.717) is 11.3 Å². The molecule has 0 spiro atoms. The highest BCUT2D eigenvalue weighted by atomic mass is 15.3. The van der Waals surface area contributed by atoms with Crippen LogP contribution in [0.4, 0.5) is 0 Å². The van der Waals surface area contributed by atoms with Crippen molar-refractivity contribution >= 4 is 0 Å². The van der Waals surface area contributed by atoms with Crippen LogP contribution in [0.2, 0.25) is 0 Å². The molecule has 0 amide bonds. The molecule has 1 aliphatic heterocycles. The Hall–Kier alpha value is -0.900. The van der Waals surface area contributed by atoms with Crippen LogP contribution in [0, 0.1) is 11.3 Å². The minimum atomic E-state index is 0.391. The van der Waals surface area contributed by atoms with E-state index in [2.05, 4.69) is 36.2 Å². The second-order valence-electron chi connectivity index (χ2n) is 5.34. The minimum Gasteiger partial charge on any atom is -0.316 e. The molecule has 1 N–H and O–H groups in total. The van der Waals surface area contributed by atoms with E-state index in [1.54, 1.807) is 6.33 Å². The SMILES string of the molecule is CC(C)Cn1ncnc1CC1(C)CNC1. The zero-order chi connectivity index (χ0) is 10.9. The Morgan fingerprint density at radius 2 is 2.27 bits per heavy atom. The number of nitrogens with one attached hydrogen (secondary N) is 1. The van der Waals surface area contributed by atoms with Crippen molar-refractivity contribution in [2.75, 3.05) is 13.1 Å². The molecule has 0 bridgehead atoms. The first-order valence-electron chi connectivity index (χ1n) is 5.66. The van der Waals surface area contributed by atoms with Gasteiger partial charge in [-0.05, 0) is 11.3 Å². The number of rotatable bonds is 4. The summed E-state index contributed by atoms with van der Waals surface area (Å²) in [5, 5.41) is 7.60. The Morgan fingerprint density at radius 3 is 2.80 bits per heavy atom. The van der Waals surface area contributed by atoms with Crippen molar-refractivity contribution < 1.29 is 0 Å². The average molecular weight is 208 g/mol. The molecular weight excluding hydrogens is 188 g/mol. The summed E-state index contributed by atoms with van der Waals surface area (Å²) in [7, 11) is 0. The standard InChI is InChI=1S/C11H20N4/c1-9(2)5-15-10(13-8-14-15)4-11(3)6-12-7-11/h8-9,12H,4-7H2,1-3H3. The molecule has 0 aromatic carbocycles. The van der Waals surface area contributed by atoms with Crippen molar-refractivity contribution in [3.63, 3.8) is 0 Å². The van der Waals surface area contributed by atoms with Crippen LogP contribution in [0.15, 0.2) is 6.33 Å². The molecule has 2 rings (SSSR count). The van der Waals surface area contributed by atoms with Gasteiger partial charge in [-0.25, -0.2) is 9.67 Å². The highest BCUT2D eigenvalue weighted by molar-refractivity contribution is 4.98.